The summed E-state index contributed by atoms with van der Waals surface area (Å²) >= 11 is 0. The molecule has 0 aliphatic heterocycles. The maximum absolute atomic E-state index is 6.74. The first kappa shape index (κ1) is 34.9. The van der Waals surface area contributed by atoms with E-state index in [4.69, 9.17) is 4.42 Å². The van der Waals surface area contributed by atoms with Crippen LogP contribution in [-0.4, -0.2) is 4.57 Å². The van der Waals surface area contributed by atoms with Crippen LogP contribution in [0.3, 0.4) is 0 Å². The number of rotatable bonds is 7. The molecule has 0 amide bonds. The van der Waals surface area contributed by atoms with E-state index in [0.29, 0.717) is 0 Å². The van der Waals surface area contributed by atoms with Crippen LogP contribution < -0.4 is 4.90 Å². The highest BCUT2D eigenvalue weighted by molar-refractivity contribution is 6.17. The minimum absolute atomic E-state index is 0.907. The molecular weight excluding hydrogens is 741 g/mol. The average molecular weight is 779 g/mol. The van der Waals surface area contributed by atoms with E-state index in [1.54, 1.807) is 0 Å². The molecule has 2 heterocycles. The van der Waals surface area contributed by atoms with Gasteiger partial charge in [-0.05, 0) is 76.7 Å². The van der Waals surface area contributed by atoms with Crippen molar-refractivity contribution in [2.75, 3.05) is 4.90 Å². The molecule has 0 saturated heterocycles. The van der Waals surface area contributed by atoms with Crippen molar-refractivity contribution in [1.82, 2.24) is 4.57 Å². The van der Waals surface area contributed by atoms with Gasteiger partial charge in [0.1, 0.15) is 11.2 Å². The number of hydrogen-bond acceptors (Lipinski definition) is 2. The summed E-state index contributed by atoms with van der Waals surface area (Å²) in [4.78, 5) is 2.38. The number of aromatic nitrogens is 1. The Bertz CT molecular complexity index is 3520. The Balaban J connectivity index is 0.980. The zero-order valence-electron chi connectivity index (χ0n) is 33.2. The van der Waals surface area contributed by atoms with E-state index < -0.39 is 0 Å². The summed E-state index contributed by atoms with van der Waals surface area (Å²) in [6.45, 7) is 0. The number of fused-ring (bicyclic) bond motifs is 8. The van der Waals surface area contributed by atoms with Crippen molar-refractivity contribution < 1.29 is 4.42 Å². The first-order valence-electron chi connectivity index (χ1n) is 20.8. The zero-order valence-corrected chi connectivity index (χ0v) is 33.2. The van der Waals surface area contributed by atoms with E-state index in [0.717, 1.165) is 72.3 Å². The van der Waals surface area contributed by atoms with Crippen LogP contribution >= 0.6 is 0 Å². The van der Waals surface area contributed by atoms with E-state index in [1.807, 2.05) is 0 Å². The summed E-state index contributed by atoms with van der Waals surface area (Å²) in [7, 11) is 0. The molecule has 10 aromatic carbocycles. The Labute approximate surface area is 353 Å². The summed E-state index contributed by atoms with van der Waals surface area (Å²) in [6, 6.07) is 82.8. The van der Waals surface area contributed by atoms with Crippen molar-refractivity contribution in [1.29, 1.82) is 0 Å². The predicted molar refractivity (Wildman–Crippen MR) is 257 cm³/mol. The van der Waals surface area contributed by atoms with Gasteiger partial charge in [0.2, 0.25) is 0 Å². The van der Waals surface area contributed by atoms with Crippen molar-refractivity contribution in [3.63, 3.8) is 0 Å². The Morgan fingerprint density at radius 2 is 0.820 bits per heavy atom. The normalized spacial score (nSPS) is 11.6. The summed E-state index contributed by atoms with van der Waals surface area (Å²) in [5, 5.41) is 7.08. The lowest BCUT2D eigenvalue weighted by atomic mass is 9.99. The molecule has 0 unspecified atom stereocenters. The molecule has 0 atom stereocenters. The van der Waals surface area contributed by atoms with Gasteiger partial charge in [-0.3, -0.25) is 0 Å². The third-order valence-corrected chi connectivity index (χ3v) is 12.2. The standard InChI is InChI=1S/C58H38N2O/c1-2-15-39(16-3-1)45-18-6-10-25-53(45)59(44-36-31-42(32-37-44)48-23-14-24-51-52-38-33-40-17-4-5-20-47(40)58(52)61-57(48)51)43-34-29-41(30-35-43)46-19-7-11-26-54(46)60-55-27-12-8-21-49(55)50-22-9-13-28-56(50)60/h1-38H. The molecule has 0 bridgehead atoms. The quantitative estimate of drug-likeness (QED) is 0.161. The highest BCUT2D eigenvalue weighted by Crippen LogP contribution is 2.44. The van der Waals surface area contributed by atoms with Gasteiger partial charge in [0.25, 0.3) is 0 Å². The summed E-state index contributed by atoms with van der Waals surface area (Å²) in [6.07, 6.45) is 0. The lowest BCUT2D eigenvalue weighted by Gasteiger charge is -2.28. The molecule has 12 rings (SSSR count). The topological polar surface area (TPSA) is 21.3 Å². The Hall–Kier alpha value is -8.14. The number of anilines is 3. The van der Waals surface area contributed by atoms with E-state index in [-0.39, 0.29) is 0 Å². The molecule has 0 saturated carbocycles. The van der Waals surface area contributed by atoms with Gasteiger partial charge in [-0.25, -0.2) is 0 Å². The third-order valence-electron chi connectivity index (χ3n) is 12.2. The highest BCUT2D eigenvalue weighted by Gasteiger charge is 2.20. The number of para-hydroxylation sites is 5. The molecule has 3 nitrogen and oxygen atoms in total. The molecule has 61 heavy (non-hydrogen) atoms. The molecule has 12 aromatic rings. The number of hydrogen-bond donors (Lipinski definition) is 0. The lowest BCUT2D eigenvalue weighted by molar-refractivity contribution is 0.674. The first-order chi connectivity index (χ1) is 30.3. The van der Waals surface area contributed by atoms with Gasteiger partial charge in [0.05, 0.1) is 22.4 Å². The van der Waals surface area contributed by atoms with Crippen LogP contribution in [0.4, 0.5) is 17.1 Å². The largest absolute Gasteiger partial charge is 0.455 e. The Kier molecular flexibility index (Phi) is 8.17. The molecule has 0 aliphatic rings. The fraction of sp³-hybridized carbons (Fsp3) is 0. The van der Waals surface area contributed by atoms with Gasteiger partial charge in [-0.2, -0.15) is 0 Å². The third kappa shape index (κ3) is 5.74. The van der Waals surface area contributed by atoms with Gasteiger partial charge < -0.3 is 13.9 Å². The maximum Gasteiger partial charge on any atom is 0.143 e. The molecule has 0 spiro atoms. The molecule has 2 aromatic heterocycles. The molecule has 0 N–H and O–H groups in total. The minimum atomic E-state index is 0.907. The maximum atomic E-state index is 6.74. The zero-order chi connectivity index (χ0) is 40.3. The number of benzene rings is 10. The SMILES string of the molecule is c1ccc(-c2ccccc2N(c2ccc(-c3ccccc3-n3c4ccccc4c4ccccc43)cc2)c2ccc(-c3cccc4c3oc3c5ccccc5ccc43)cc2)cc1. The van der Waals surface area contributed by atoms with Gasteiger partial charge in [0.15, 0.2) is 0 Å². The molecule has 0 aliphatic carbocycles. The van der Waals surface area contributed by atoms with Gasteiger partial charge in [0, 0.05) is 55.0 Å². The summed E-state index contributed by atoms with van der Waals surface area (Å²) in [5.41, 5.74) is 15.5. The van der Waals surface area contributed by atoms with Crippen LogP contribution in [0, 0.1) is 0 Å². The molecular formula is C58H38N2O. The van der Waals surface area contributed by atoms with Crippen molar-refractivity contribution in [3.05, 3.63) is 231 Å². The van der Waals surface area contributed by atoms with Gasteiger partial charge in [-0.15, -0.1) is 0 Å². The van der Waals surface area contributed by atoms with E-state index in [9.17, 15) is 0 Å². The van der Waals surface area contributed by atoms with Crippen LogP contribution in [0.1, 0.15) is 0 Å². The van der Waals surface area contributed by atoms with E-state index in [2.05, 4.69) is 240 Å². The molecule has 0 radical (unpaired) electrons. The smallest absolute Gasteiger partial charge is 0.143 e. The van der Waals surface area contributed by atoms with Crippen LogP contribution in [0.5, 0.6) is 0 Å². The fourth-order valence-electron chi connectivity index (χ4n) is 9.39. The van der Waals surface area contributed by atoms with E-state index in [1.165, 1.54) is 38.3 Å². The fourth-order valence-corrected chi connectivity index (χ4v) is 9.39. The second-order valence-corrected chi connectivity index (χ2v) is 15.6. The molecule has 0 fully saturated rings. The van der Waals surface area contributed by atoms with Crippen molar-refractivity contribution in [2.45, 2.75) is 0 Å². The lowest BCUT2D eigenvalue weighted by Crippen LogP contribution is -2.11. The Morgan fingerprint density at radius 1 is 0.311 bits per heavy atom. The van der Waals surface area contributed by atoms with Gasteiger partial charge in [-0.1, -0.05) is 176 Å². The average Bonchev–Trinajstić information content (AvgIpc) is 3.89. The second-order valence-electron chi connectivity index (χ2n) is 15.6. The van der Waals surface area contributed by atoms with Crippen molar-refractivity contribution in [2.24, 2.45) is 0 Å². The minimum Gasteiger partial charge on any atom is -0.455 e. The predicted octanol–water partition coefficient (Wildman–Crippen LogP) is 16.3. The van der Waals surface area contributed by atoms with Crippen LogP contribution in [0.2, 0.25) is 0 Å². The highest BCUT2D eigenvalue weighted by atomic mass is 16.3. The van der Waals surface area contributed by atoms with Crippen LogP contribution in [0.15, 0.2) is 235 Å². The van der Waals surface area contributed by atoms with Crippen molar-refractivity contribution in [3.8, 4) is 39.1 Å². The van der Waals surface area contributed by atoms with Crippen LogP contribution in [0.25, 0.3) is 93.6 Å². The monoisotopic (exact) mass is 778 g/mol. The molecule has 3 heteroatoms. The van der Waals surface area contributed by atoms with E-state index >= 15 is 0 Å². The van der Waals surface area contributed by atoms with Crippen molar-refractivity contribution >= 4 is 71.6 Å². The summed E-state index contributed by atoms with van der Waals surface area (Å²) in [5.74, 6) is 0. The first-order valence-corrected chi connectivity index (χ1v) is 20.8. The van der Waals surface area contributed by atoms with Crippen LogP contribution in [-0.2, 0) is 0 Å². The number of furan rings is 1. The van der Waals surface area contributed by atoms with Gasteiger partial charge >= 0.3 is 0 Å². The summed E-state index contributed by atoms with van der Waals surface area (Å²) < 4.78 is 9.15. The number of nitrogens with zero attached hydrogens (tertiary/aromatic N) is 2. The Morgan fingerprint density at radius 3 is 1.54 bits per heavy atom. The molecule has 286 valence electrons. The second kappa shape index (κ2) is 14.3.